The molecule has 0 amide bonds. The van der Waals surface area contributed by atoms with Crippen LogP contribution in [0.15, 0.2) is 109 Å². The molecule has 182 valence electrons. The average molecular weight is 480 g/mol. The molecule has 1 atom stereocenters. The van der Waals surface area contributed by atoms with Gasteiger partial charge in [0.15, 0.2) is 0 Å². The summed E-state index contributed by atoms with van der Waals surface area (Å²) >= 11 is 0. The minimum absolute atomic E-state index is 0.120. The van der Waals surface area contributed by atoms with Gasteiger partial charge in [0, 0.05) is 0 Å². The number of imidazole rings is 1. The molecule has 0 saturated carbocycles. The monoisotopic (exact) mass is 479 g/mol. The van der Waals surface area contributed by atoms with Crippen LogP contribution in [0.4, 0.5) is 0 Å². The average Bonchev–Trinajstić information content (AvgIpc) is 3.18. The first kappa shape index (κ1) is 23.5. The van der Waals surface area contributed by atoms with E-state index in [1.807, 2.05) is 106 Å². The van der Waals surface area contributed by atoms with E-state index in [1.165, 1.54) is 0 Å². The van der Waals surface area contributed by atoms with Gasteiger partial charge in [-0.25, -0.2) is 0 Å². The van der Waals surface area contributed by atoms with Crippen molar-refractivity contribution in [2.45, 2.75) is 25.8 Å². The van der Waals surface area contributed by atoms with E-state index in [-0.39, 0.29) is 13.2 Å². The number of fused-ring (bicyclic) bond motifs is 1. The molecule has 1 heterocycles. The summed E-state index contributed by atoms with van der Waals surface area (Å²) < 4.78 is 15.4. The highest BCUT2D eigenvalue weighted by Gasteiger charge is 2.15. The Balaban J connectivity index is 1.22. The number of aromatic nitrogens is 2. The van der Waals surface area contributed by atoms with Crippen molar-refractivity contribution in [2.24, 2.45) is 0 Å². The van der Waals surface area contributed by atoms with Gasteiger partial charge in [-0.05, 0) is 47.5 Å². The highest BCUT2D eigenvalue weighted by molar-refractivity contribution is 5.76. The van der Waals surface area contributed by atoms with Crippen molar-refractivity contribution >= 4 is 11.0 Å². The van der Waals surface area contributed by atoms with Gasteiger partial charge in [-0.3, -0.25) is 5.41 Å². The number of benzene rings is 4. The molecule has 6 heteroatoms. The van der Waals surface area contributed by atoms with Gasteiger partial charge in [0.25, 0.3) is 0 Å². The molecule has 1 unspecified atom stereocenters. The Hall–Kier alpha value is -4.29. The minimum atomic E-state index is -0.774. The summed E-state index contributed by atoms with van der Waals surface area (Å²) in [5, 5.41) is 19.5. The van der Waals surface area contributed by atoms with E-state index in [0.29, 0.717) is 24.5 Å². The van der Waals surface area contributed by atoms with Gasteiger partial charge < -0.3 is 23.7 Å². The quantitative estimate of drug-likeness (QED) is 0.296. The van der Waals surface area contributed by atoms with Gasteiger partial charge in [-0.1, -0.05) is 72.8 Å². The van der Waals surface area contributed by atoms with Crippen LogP contribution in [0.3, 0.4) is 0 Å². The molecular formula is C30H29N3O3. The summed E-state index contributed by atoms with van der Waals surface area (Å²) in [6.45, 7) is 1.48. The highest BCUT2D eigenvalue weighted by Crippen LogP contribution is 2.20. The molecule has 4 aromatic carbocycles. The third-order valence-corrected chi connectivity index (χ3v) is 6.07. The van der Waals surface area contributed by atoms with Gasteiger partial charge in [0.1, 0.15) is 30.8 Å². The molecule has 5 rings (SSSR count). The molecule has 5 aromatic rings. The normalized spacial score (nSPS) is 11.9. The lowest BCUT2D eigenvalue weighted by Gasteiger charge is -2.14. The zero-order valence-electron chi connectivity index (χ0n) is 20.0. The largest absolute Gasteiger partial charge is 0.491 e. The van der Waals surface area contributed by atoms with E-state index in [0.717, 1.165) is 27.9 Å². The van der Waals surface area contributed by atoms with E-state index in [2.05, 4.69) is 12.1 Å². The van der Waals surface area contributed by atoms with E-state index in [1.54, 1.807) is 0 Å². The smallest absolute Gasteiger partial charge is 0.203 e. The summed E-state index contributed by atoms with van der Waals surface area (Å²) in [5.41, 5.74) is 4.46. The number of para-hydroxylation sites is 2. The number of hydrogen-bond donors (Lipinski definition) is 2. The molecule has 0 aliphatic heterocycles. The second kappa shape index (κ2) is 11.0. The van der Waals surface area contributed by atoms with Crippen LogP contribution in [0, 0.1) is 5.41 Å². The van der Waals surface area contributed by atoms with Crippen LogP contribution in [0.1, 0.15) is 11.1 Å². The molecule has 1 aromatic heterocycles. The molecule has 0 aliphatic carbocycles. The fourth-order valence-electron chi connectivity index (χ4n) is 4.23. The maximum Gasteiger partial charge on any atom is 0.203 e. The number of nitrogens with one attached hydrogen (secondary N) is 1. The Morgan fingerprint density at radius 2 is 1.17 bits per heavy atom. The standard InChI is InChI=1S/C30H29N3O3/c31-30-32(19-23-9-3-1-4-10-23)28-13-7-8-14-29(28)33(30)20-25(34)22-36-27-17-15-26(16-18-27)35-21-24-11-5-2-6-12-24/h1-18,25,31,34H,19-22H2. The highest BCUT2D eigenvalue weighted by atomic mass is 16.5. The first-order valence-electron chi connectivity index (χ1n) is 12.0. The van der Waals surface area contributed by atoms with E-state index in [4.69, 9.17) is 14.9 Å². The van der Waals surface area contributed by atoms with Crippen LogP contribution in [0.25, 0.3) is 11.0 Å². The number of aliphatic hydroxyl groups excluding tert-OH is 1. The van der Waals surface area contributed by atoms with Crippen LogP contribution in [-0.4, -0.2) is 27.0 Å². The lowest BCUT2D eigenvalue weighted by atomic mass is 10.2. The van der Waals surface area contributed by atoms with Gasteiger partial charge >= 0.3 is 0 Å². The number of nitrogens with zero attached hydrogens (tertiary/aromatic N) is 2. The van der Waals surface area contributed by atoms with Gasteiger partial charge in [0.2, 0.25) is 5.62 Å². The van der Waals surface area contributed by atoms with Gasteiger partial charge in [-0.15, -0.1) is 0 Å². The molecule has 36 heavy (non-hydrogen) atoms. The van der Waals surface area contributed by atoms with Crippen LogP contribution in [0.2, 0.25) is 0 Å². The molecule has 6 nitrogen and oxygen atoms in total. The Labute approximate surface area is 210 Å². The Morgan fingerprint density at radius 1 is 0.639 bits per heavy atom. The molecule has 2 N–H and O–H groups in total. The van der Waals surface area contributed by atoms with Crippen LogP contribution < -0.4 is 15.1 Å². The van der Waals surface area contributed by atoms with Crippen LogP contribution in [0.5, 0.6) is 11.5 Å². The molecule has 0 saturated heterocycles. The zero-order valence-corrected chi connectivity index (χ0v) is 20.0. The first-order valence-corrected chi connectivity index (χ1v) is 12.0. The summed E-state index contributed by atoms with van der Waals surface area (Å²) in [4.78, 5) is 0. The van der Waals surface area contributed by atoms with E-state index < -0.39 is 6.10 Å². The van der Waals surface area contributed by atoms with Crippen molar-refractivity contribution in [3.05, 3.63) is 126 Å². The molecular weight excluding hydrogens is 450 g/mol. The lowest BCUT2D eigenvalue weighted by molar-refractivity contribution is 0.0921. The molecule has 0 bridgehead atoms. The number of aliphatic hydroxyl groups is 1. The van der Waals surface area contributed by atoms with E-state index >= 15 is 0 Å². The predicted octanol–water partition coefficient (Wildman–Crippen LogP) is 4.99. The Bertz CT molecular complexity index is 1460. The van der Waals surface area contributed by atoms with Crippen LogP contribution in [-0.2, 0) is 19.7 Å². The third-order valence-electron chi connectivity index (χ3n) is 6.07. The fourth-order valence-corrected chi connectivity index (χ4v) is 4.23. The SMILES string of the molecule is N=c1n(Cc2ccccc2)c2ccccc2n1CC(O)COc1ccc(OCc2ccccc2)cc1. The van der Waals surface area contributed by atoms with Crippen molar-refractivity contribution in [1.82, 2.24) is 9.13 Å². The molecule has 0 aliphatic rings. The van der Waals surface area contributed by atoms with Gasteiger partial charge in [0.05, 0.1) is 24.1 Å². The summed E-state index contributed by atoms with van der Waals surface area (Å²) in [7, 11) is 0. The molecule has 0 spiro atoms. The maximum atomic E-state index is 10.7. The van der Waals surface area contributed by atoms with Crippen molar-refractivity contribution in [2.75, 3.05) is 6.61 Å². The second-order valence-corrected chi connectivity index (χ2v) is 8.71. The first-order chi connectivity index (χ1) is 17.7. The zero-order chi connectivity index (χ0) is 24.7. The number of rotatable bonds is 10. The van der Waals surface area contributed by atoms with E-state index in [9.17, 15) is 5.11 Å². The lowest BCUT2D eigenvalue weighted by Crippen LogP contribution is -2.31. The summed E-state index contributed by atoms with van der Waals surface area (Å²) in [6, 6.07) is 35.4. The summed E-state index contributed by atoms with van der Waals surface area (Å²) in [6.07, 6.45) is -0.774. The minimum Gasteiger partial charge on any atom is -0.491 e. The topological polar surface area (TPSA) is 72.4 Å². The van der Waals surface area contributed by atoms with Crippen LogP contribution >= 0.6 is 0 Å². The number of hydrogen-bond acceptors (Lipinski definition) is 4. The Morgan fingerprint density at radius 3 is 1.81 bits per heavy atom. The Kier molecular flexibility index (Phi) is 7.15. The third kappa shape index (κ3) is 5.50. The number of ether oxygens (including phenoxy) is 2. The van der Waals surface area contributed by atoms with Crippen molar-refractivity contribution in [3.8, 4) is 11.5 Å². The summed E-state index contributed by atoms with van der Waals surface area (Å²) in [5.74, 6) is 1.41. The van der Waals surface area contributed by atoms with Gasteiger partial charge in [-0.2, -0.15) is 0 Å². The molecule has 0 radical (unpaired) electrons. The fraction of sp³-hybridized carbons (Fsp3) is 0.167. The second-order valence-electron chi connectivity index (χ2n) is 8.71. The van der Waals surface area contributed by atoms with Crippen molar-refractivity contribution in [1.29, 1.82) is 5.41 Å². The predicted molar refractivity (Wildman–Crippen MR) is 140 cm³/mol. The van der Waals surface area contributed by atoms with Crippen molar-refractivity contribution in [3.63, 3.8) is 0 Å². The molecule has 0 fully saturated rings. The van der Waals surface area contributed by atoms with Crippen molar-refractivity contribution < 1.29 is 14.6 Å². The maximum absolute atomic E-state index is 10.7.